The number of H-pyrrole nitrogens is 1. The first-order valence-corrected chi connectivity index (χ1v) is 8.96. The molecule has 2 atom stereocenters. The lowest BCUT2D eigenvalue weighted by Gasteiger charge is -2.27. The summed E-state index contributed by atoms with van der Waals surface area (Å²) in [4.78, 5) is 8.14. The van der Waals surface area contributed by atoms with Gasteiger partial charge in [0, 0.05) is 34.1 Å². The lowest BCUT2D eigenvalue weighted by atomic mass is 9.87. The van der Waals surface area contributed by atoms with Crippen LogP contribution < -0.4 is 5.32 Å². The highest BCUT2D eigenvalue weighted by molar-refractivity contribution is 7.14. The molecule has 2 N–H and O–H groups in total. The topological polar surface area (TPSA) is 40.7 Å². The maximum absolute atomic E-state index is 4.81. The van der Waals surface area contributed by atoms with Crippen LogP contribution in [-0.4, -0.2) is 16.0 Å². The molecule has 1 fully saturated rings. The van der Waals surface area contributed by atoms with E-state index >= 15 is 0 Å². The maximum atomic E-state index is 4.81. The van der Waals surface area contributed by atoms with Gasteiger partial charge in [-0.05, 0) is 24.8 Å². The van der Waals surface area contributed by atoms with Gasteiger partial charge in [0.25, 0.3) is 0 Å². The van der Waals surface area contributed by atoms with Gasteiger partial charge in [0.05, 0.1) is 5.69 Å². The van der Waals surface area contributed by atoms with Crippen molar-refractivity contribution in [3.63, 3.8) is 0 Å². The number of benzene rings is 1. The number of rotatable bonds is 3. The molecule has 3 nitrogen and oxygen atoms in total. The predicted octanol–water partition coefficient (Wildman–Crippen LogP) is 5.28. The second-order valence-electron chi connectivity index (χ2n) is 6.40. The van der Waals surface area contributed by atoms with Crippen molar-refractivity contribution in [2.45, 2.75) is 38.6 Å². The average Bonchev–Trinajstić information content (AvgIpc) is 3.13. The second kappa shape index (κ2) is 5.76. The fraction of sp³-hybridized carbons (Fsp3) is 0.389. The third kappa shape index (κ3) is 2.63. The third-order valence-electron chi connectivity index (χ3n) is 4.63. The van der Waals surface area contributed by atoms with E-state index < -0.39 is 0 Å². The lowest BCUT2D eigenvalue weighted by molar-refractivity contribution is 0.358. The Morgan fingerprint density at radius 2 is 2.18 bits per heavy atom. The number of hydrogen-bond donors (Lipinski definition) is 2. The molecule has 2 aromatic heterocycles. The molecule has 0 amide bonds. The van der Waals surface area contributed by atoms with Crippen molar-refractivity contribution in [3.8, 4) is 11.3 Å². The van der Waals surface area contributed by atoms with E-state index in [2.05, 4.69) is 53.1 Å². The van der Waals surface area contributed by atoms with Crippen LogP contribution >= 0.6 is 11.3 Å². The third-order valence-corrected chi connectivity index (χ3v) is 5.41. The number of nitrogens with one attached hydrogen (secondary N) is 2. The van der Waals surface area contributed by atoms with E-state index in [1.54, 1.807) is 11.3 Å². The quantitative estimate of drug-likeness (QED) is 0.690. The van der Waals surface area contributed by atoms with Crippen LogP contribution in [0.5, 0.6) is 0 Å². The number of anilines is 1. The Labute approximate surface area is 134 Å². The van der Waals surface area contributed by atoms with Crippen LogP contribution in [0.4, 0.5) is 5.13 Å². The monoisotopic (exact) mass is 311 g/mol. The highest BCUT2D eigenvalue weighted by Crippen LogP contribution is 2.32. The van der Waals surface area contributed by atoms with Gasteiger partial charge < -0.3 is 10.3 Å². The first-order chi connectivity index (χ1) is 10.8. The van der Waals surface area contributed by atoms with Crippen LogP contribution in [0.25, 0.3) is 22.2 Å². The minimum Gasteiger partial charge on any atom is -0.360 e. The SMILES string of the molecule is C[C@H]1CCC[C@@H](Nc2nc(-c3c[nH]c4ccccc34)cs2)C1. The Morgan fingerprint density at radius 3 is 3.09 bits per heavy atom. The number of aromatic nitrogens is 2. The van der Waals surface area contributed by atoms with Crippen molar-refractivity contribution in [2.24, 2.45) is 5.92 Å². The van der Waals surface area contributed by atoms with E-state index in [1.807, 2.05) is 0 Å². The summed E-state index contributed by atoms with van der Waals surface area (Å²) < 4.78 is 0. The van der Waals surface area contributed by atoms with Crippen molar-refractivity contribution >= 4 is 27.4 Å². The second-order valence-corrected chi connectivity index (χ2v) is 7.26. The molecule has 0 unspecified atom stereocenters. The highest BCUT2D eigenvalue weighted by atomic mass is 32.1. The van der Waals surface area contributed by atoms with Crippen molar-refractivity contribution in [1.29, 1.82) is 0 Å². The molecule has 0 aliphatic heterocycles. The van der Waals surface area contributed by atoms with Gasteiger partial charge in [0.2, 0.25) is 0 Å². The van der Waals surface area contributed by atoms with Crippen LogP contribution in [-0.2, 0) is 0 Å². The molecule has 0 saturated heterocycles. The number of aromatic amines is 1. The van der Waals surface area contributed by atoms with E-state index in [0.29, 0.717) is 6.04 Å². The Bertz CT molecular complexity index is 773. The summed E-state index contributed by atoms with van der Waals surface area (Å²) in [5.74, 6) is 0.833. The average molecular weight is 311 g/mol. The summed E-state index contributed by atoms with van der Waals surface area (Å²) >= 11 is 1.72. The molecule has 4 rings (SSSR count). The summed E-state index contributed by atoms with van der Waals surface area (Å²) in [6, 6.07) is 8.98. The van der Waals surface area contributed by atoms with Gasteiger partial charge in [0.15, 0.2) is 5.13 Å². The Kier molecular flexibility index (Phi) is 3.62. The molecule has 0 radical (unpaired) electrons. The first kappa shape index (κ1) is 13.8. The fourth-order valence-corrected chi connectivity index (χ4v) is 4.28. The molecule has 0 spiro atoms. The van der Waals surface area contributed by atoms with Gasteiger partial charge in [0.1, 0.15) is 0 Å². The van der Waals surface area contributed by atoms with E-state index in [4.69, 9.17) is 4.98 Å². The molecular weight excluding hydrogens is 290 g/mol. The first-order valence-electron chi connectivity index (χ1n) is 8.08. The van der Waals surface area contributed by atoms with Crippen LogP contribution in [0.3, 0.4) is 0 Å². The zero-order valence-corrected chi connectivity index (χ0v) is 13.6. The number of para-hydroxylation sites is 1. The molecule has 1 aliphatic carbocycles. The molecule has 3 aromatic rings. The number of fused-ring (bicyclic) bond motifs is 1. The number of thiazole rings is 1. The van der Waals surface area contributed by atoms with E-state index in [9.17, 15) is 0 Å². The van der Waals surface area contributed by atoms with Gasteiger partial charge in [-0.3, -0.25) is 0 Å². The van der Waals surface area contributed by atoms with Gasteiger partial charge in [-0.2, -0.15) is 0 Å². The summed E-state index contributed by atoms with van der Waals surface area (Å²) in [7, 11) is 0. The standard InChI is InChI=1S/C18H21N3S/c1-12-5-4-6-13(9-12)20-18-21-17(11-22-18)15-10-19-16-8-3-2-7-14(15)16/h2-3,7-8,10-13,19H,4-6,9H2,1H3,(H,20,21)/t12-,13+/m0/s1. The summed E-state index contributed by atoms with van der Waals surface area (Å²) in [6.07, 6.45) is 7.30. The summed E-state index contributed by atoms with van der Waals surface area (Å²) in [5, 5.41) is 8.09. The highest BCUT2D eigenvalue weighted by Gasteiger charge is 2.19. The maximum Gasteiger partial charge on any atom is 0.183 e. The zero-order valence-electron chi connectivity index (χ0n) is 12.8. The Morgan fingerprint density at radius 1 is 1.27 bits per heavy atom. The van der Waals surface area contributed by atoms with Crippen molar-refractivity contribution in [1.82, 2.24) is 9.97 Å². The molecular formula is C18H21N3S. The zero-order chi connectivity index (χ0) is 14.9. The van der Waals surface area contributed by atoms with Crippen molar-refractivity contribution in [2.75, 3.05) is 5.32 Å². The van der Waals surface area contributed by atoms with E-state index in [1.165, 1.54) is 42.1 Å². The lowest BCUT2D eigenvalue weighted by Crippen LogP contribution is -2.26. The minimum atomic E-state index is 0.589. The Balaban J connectivity index is 1.56. The van der Waals surface area contributed by atoms with Crippen LogP contribution in [0.2, 0.25) is 0 Å². The molecule has 1 aromatic carbocycles. The molecule has 114 valence electrons. The summed E-state index contributed by atoms with van der Waals surface area (Å²) in [6.45, 7) is 2.35. The smallest absolute Gasteiger partial charge is 0.183 e. The van der Waals surface area contributed by atoms with Crippen molar-refractivity contribution < 1.29 is 0 Å². The van der Waals surface area contributed by atoms with Gasteiger partial charge in [-0.25, -0.2) is 4.98 Å². The number of nitrogens with zero attached hydrogens (tertiary/aromatic N) is 1. The summed E-state index contributed by atoms with van der Waals surface area (Å²) in [5.41, 5.74) is 3.42. The normalized spacial score (nSPS) is 22.0. The van der Waals surface area contributed by atoms with E-state index in [0.717, 1.165) is 16.7 Å². The van der Waals surface area contributed by atoms with Gasteiger partial charge >= 0.3 is 0 Å². The number of hydrogen-bond acceptors (Lipinski definition) is 3. The molecule has 4 heteroatoms. The molecule has 2 heterocycles. The Hall–Kier alpha value is -1.81. The molecule has 22 heavy (non-hydrogen) atoms. The fourth-order valence-electron chi connectivity index (χ4n) is 3.49. The largest absolute Gasteiger partial charge is 0.360 e. The van der Waals surface area contributed by atoms with Crippen molar-refractivity contribution in [3.05, 3.63) is 35.8 Å². The minimum absolute atomic E-state index is 0.589. The predicted molar refractivity (Wildman–Crippen MR) is 94.4 cm³/mol. The van der Waals surface area contributed by atoms with Crippen LogP contribution in [0.15, 0.2) is 35.8 Å². The molecule has 1 saturated carbocycles. The van der Waals surface area contributed by atoms with Gasteiger partial charge in [-0.1, -0.05) is 38.0 Å². The molecule has 0 bridgehead atoms. The van der Waals surface area contributed by atoms with Crippen LogP contribution in [0, 0.1) is 5.92 Å². The molecule has 1 aliphatic rings. The van der Waals surface area contributed by atoms with E-state index in [-0.39, 0.29) is 0 Å². The van der Waals surface area contributed by atoms with Crippen LogP contribution in [0.1, 0.15) is 32.6 Å². The van der Waals surface area contributed by atoms with Gasteiger partial charge in [-0.15, -0.1) is 11.3 Å².